The molecule has 46 heavy (non-hydrogen) atoms. The Kier molecular flexibility index (Phi) is 11.1. The number of ketones is 1. The average molecular weight is 650 g/mol. The Morgan fingerprint density at radius 1 is 1.09 bits per heavy atom. The van der Waals surface area contributed by atoms with E-state index in [9.17, 15) is 19.5 Å². The first kappa shape index (κ1) is 36.5. The summed E-state index contributed by atoms with van der Waals surface area (Å²) < 4.78 is 31.1. The van der Waals surface area contributed by atoms with Crippen molar-refractivity contribution in [1.29, 1.82) is 0 Å². The predicted molar refractivity (Wildman–Crippen MR) is 171 cm³/mol. The van der Waals surface area contributed by atoms with Crippen molar-refractivity contribution in [2.75, 3.05) is 34.3 Å². The number of aliphatic imine (C=N–C) groups is 1. The van der Waals surface area contributed by atoms with Crippen molar-refractivity contribution in [3.63, 3.8) is 0 Å². The summed E-state index contributed by atoms with van der Waals surface area (Å²) in [7, 11) is 5.37. The molecule has 12 nitrogen and oxygen atoms in total. The van der Waals surface area contributed by atoms with E-state index in [1.165, 1.54) is 6.92 Å². The molecule has 1 N–H and O–H groups in total. The lowest BCUT2D eigenvalue weighted by atomic mass is 9.73. The lowest BCUT2D eigenvalue weighted by molar-refractivity contribution is -0.295. The number of aliphatic hydroxyl groups excluding tert-OH is 1. The van der Waals surface area contributed by atoms with Crippen molar-refractivity contribution in [3.05, 3.63) is 12.2 Å². The number of ether oxygens (including phenoxy) is 5. The van der Waals surface area contributed by atoms with Crippen LogP contribution in [0.25, 0.3) is 0 Å². The highest BCUT2D eigenvalue weighted by molar-refractivity contribution is 6.00. The molecular weight excluding hydrogens is 594 g/mol. The average Bonchev–Trinajstić information content (AvgIpc) is 3.13. The van der Waals surface area contributed by atoms with Crippen LogP contribution in [0, 0.1) is 23.7 Å². The highest BCUT2D eigenvalue weighted by Gasteiger charge is 2.60. The van der Waals surface area contributed by atoms with Gasteiger partial charge < -0.3 is 33.7 Å². The number of nitrogens with zero attached hydrogens (tertiary/aromatic N) is 3. The van der Waals surface area contributed by atoms with E-state index in [0.29, 0.717) is 25.9 Å². The smallest absolute Gasteiger partial charge is 0.411 e. The zero-order chi connectivity index (χ0) is 34.3. The number of rotatable bonds is 5. The number of carbonyl (C=O) groups is 3. The number of methoxy groups -OCH3 is 1. The zero-order valence-corrected chi connectivity index (χ0v) is 29.4. The summed E-state index contributed by atoms with van der Waals surface area (Å²) in [5.74, 6) is -3.58. The van der Waals surface area contributed by atoms with E-state index < -0.39 is 71.5 Å². The molecule has 2 unspecified atom stereocenters. The first-order valence-corrected chi connectivity index (χ1v) is 16.6. The third-order valence-corrected chi connectivity index (χ3v) is 10.7. The summed E-state index contributed by atoms with van der Waals surface area (Å²) in [6.07, 6.45) is -0.0915. The standard InChI is InChI=1S/C34H55N3O9/c1-12-13-24-34(8)28-20(4)25(35-14-15-37(28)32(41)46-34)18(2)17-33(7,42-11)29(21(5)26(38)22(6)30(40)44-24)45-31-27(39)23(36(9)10)16-19(3)43-31/h12-13,18-24,27-29,31,39H,14-17H2,1-11H3/b13-12+/t18-,19+,20+,21+,22-,23-,24?,27?,28-,29-,31-,33+,34-/m1/s1. The van der Waals surface area contributed by atoms with Crippen LogP contribution in [-0.4, -0.2) is 127 Å². The van der Waals surface area contributed by atoms with Crippen LogP contribution in [0.3, 0.4) is 0 Å². The number of Topliss-reactive ketones (excluding diaryl/α,β-unsaturated/α-hetero) is 1. The molecule has 4 aliphatic heterocycles. The van der Waals surface area contributed by atoms with Crippen LogP contribution in [0.4, 0.5) is 4.79 Å². The first-order valence-electron chi connectivity index (χ1n) is 16.6. The largest absolute Gasteiger partial charge is 0.453 e. The van der Waals surface area contributed by atoms with Crippen LogP contribution in [0.15, 0.2) is 17.1 Å². The highest BCUT2D eigenvalue weighted by atomic mass is 16.7. The molecule has 4 rings (SSSR count). The summed E-state index contributed by atoms with van der Waals surface area (Å²) in [6, 6.07) is -0.708. The Hall–Kier alpha value is -2.38. The molecule has 3 saturated heterocycles. The monoisotopic (exact) mass is 649 g/mol. The molecule has 12 heteroatoms. The van der Waals surface area contributed by atoms with Crippen molar-refractivity contribution in [2.24, 2.45) is 28.7 Å². The number of hydrogen-bond acceptors (Lipinski definition) is 11. The van der Waals surface area contributed by atoms with Gasteiger partial charge in [0.05, 0.1) is 30.4 Å². The molecule has 1 amide bonds. The van der Waals surface area contributed by atoms with Crippen molar-refractivity contribution < 1.29 is 43.2 Å². The molecular formula is C34H55N3O9. The molecule has 0 spiro atoms. The molecule has 0 aromatic heterocycles. The maximum Gasteiger partial charge on any atom is 0.411 e. The van der Waals surface area contributed by atoms with E-state index in [-0.39, 0.29) is 24.0 Å². The summed E-state index contributed by atoms with van der Waals surface area (Å²) in [5.41, 5.74) is -1.43. The topological polar surface area (TPSA) is 136 Å². The number of hydrogen-bond donors (Lipinski definition) is 1. The summed E-state index contributed by atoms with van der Waals surface area (Å²) in [6.45, 7) is 15.5. The molecule has 3 fully saturated rings. The van der Waals surface area contributed by atoms with E-state index in [1.54, 1.807) is 44.9 Å². The van der Waals surface area contributed by atoms with E-state index >= 15 is 0 Å². The van der Waals surface area contributed by atoms with Gasteiger partial charge in [-0.15, -0.1) is 0 Å². The van der Waals surface area contributed by atoms with Crippen LogP contribution >= 0.6 is 0 Å². The van der Waals surface area contributed by atoms with Crippen LogP contribution in [0.1, 0.15) is 68.2 Å². The fraction of sp³-hybridized carbons (Fsp3) is 0.824. The number of esters is 1. The second-order valence-corrected chi connectivity index (χ2v) is 14.3. The SMILES string of the molecule is C/C=C/C1OC(=O)[C@H](C)C(=O)[C@H](C)[C@@H](O[C@H]2O[C@@H](C)C[C@@H](N(C)C)C2O)[C@@](C)(OC)C[C@@H](C)C2=NCCN3C(=O)O[C@@]1(C)[C@H]3[C@H]2C. The minimum atomic E-state index is -1.23. The zero-order valence-electron chi connectivity index (χ0n) is 29.4. The number of cyclic esters (lactones) is 1. The van der Waals surface area contributed by atoms with Gasteiger partial charge in [-0.1, -0.05) is 26.8 Å². The molecule has 4 heterocycles. The molecule has 4 aliphatic rings. The van der Waals surface area contributed by atoms with Crippen molar-refractivity contribution in [2.45, 2.75) is 122 Å². The highest BCUT2D eigenvalue weighted by Crippen LogP contribution is 2.43. The number of fused-ring (bicyclic) bond motifs is 1. The molecule has 0 aromatic carbocycles. The maximum absolute atomic E-state index is 14.2. The Labute approximate surface area is 273 Å². The van der Waals surface area contributed by atoms with E-state index in [1.807, 2.05) is 39.8 Å². The summed E-state index contributed by atoms with van der Waals surface area (Å²) in [5, 5.41) is 11.4. The quantitative estimate of drug-likeness (QED) is 0.269. The van der Waals surface area contributed by atoms with Gasteiger partial charge in [-0.05, 0) is 73.5 Å². The van der Waals surface area contributed by atoms with Crippen molar-refractivity contribution in [1.82, 2.24) is 9.80 Å². The molecule has 2 bridgehead atoms. The Bertz CT molecular complexity index is 1210. The van der Waals surface area contributed by atoms with Crippen molar-refractivity contribution in [3.8, 4) is 0 Å². The molecule has 0 saturated carbocycles. The first-order chi connectivity index (χ1) is 21.5. The lowest BCUT2D eigenvalue weighted by Gasteiger charge is -2.47. The van der Waals surface area contributed by atoms with Gasteiger partial charge in [0.25, 0.3) is 0 Å². The minimum Gasteiger partial charge on any atom is -0.453 e. The maximum atomic E-state index is 14.2. The molecule has 260 valence electrons. The summed E-state index contributed by atoms with van der Waals surface area (Å²) in [4.78, 5) is 49.8. The summed E-state index contributed by atoms with van der Waals surface area (Å²) >= 11 is 0. The minimum absolute atomic E-state index is 0.165. The number of likely N-dealkylation sites (N-methyl/N-ethyl adjacent to an activating group) is 1. The number of aliphatic hydroxyl groups is 1. The molecule has 0 aliphatic carbocycles. The van der Waals surface area contributed by atoms with Gasteiger partial charge in [-0.2, -0.15) is 0 Å². The van der Waals surface area contributed by atoms with E-state index in [0.717, 1.165) is 5.71 Å². The van der Waals surface area contributed by atoms with Crippen molar-refractivity contribution >= 4 is 23.6 Å². The normalized spacial score (nSPS) is 44.5. The Morgan fingerprint density at radius 3 is 2.37 bits per heavy atom. The predicted octanol–water partition coefficient (Wildman–Crippen LogP) is 3.24. The van der Waals surface area contributed by atoms with Gasteiger partial charge in [0.1, 0.15) is 12.0 Å². The number of allylic oxidation sites excluding steroid dienone is 1. The van der Waals surface area contributed by atoms with Crippen LogP contribution < -0.4 is 0 Å². The Balaban J connectivity index is 1.82. The van der Waals surface area contributed by atoms with Gasteiger partial charge >= 0.3 is 12.1 Å². The number of amides is 1. The van der Waals surface area contributed by atoms with Gasteiger partial charge in [0.2, 0.25) is 0 Å². The lowest BCUT2D eigenvalue weighted by Crippen LogP contribution is -2.60. The van der Waals surface area contributed by atoms with Gasteiger partial charge in [0, 0.05) is 37.2 Å². The second kappa shape index (κ2) is 14.0. The fourth-order valence-electron chi connectivity index (χ4n) is 8.18. The van der Waals surface area contributed by atoms with Gasteiger partial charge in [-0.3, -0.25) is 19.5 Å². The fourth-order valence-corrected chi connectivity index (χ4v) is 8.18. The third kappa shape index (κ3) is 6.65. The van der Waals surface area contributed by atoms with Crippen LogP contribution in [0.2, 0.25) is 0 Å². The van der Waals surface area contributed by atoms with E-state index in [4.69, 9.17) is 28.7 Å². The number of carbonyl (C=O) groups excluding carboxylic acids is 3. The van der Waals surface area contributed by atoms with E-state index in [2.05, 4.69) is 6.92 Å². The van der Waals surface area contributed by atoms with Gasteiger partial charge in [0.15, 0.2) is 23.8 Å². The Morgan fingerprint density at radius 2 is 1.76 bits per heavy atom. The second-order valence-electron chi connectivity index (χ2n) is 14.3. The van der Waals surface area contributed by atoms with Crippen LogP contribution in [0.5, 0.6) is 0 Å². The van der Waals surface area contributed by atoms with Gasteiger partial charge in [-0.25, -0.2) is 4.79 Å². The third-order valence-electron chi connectivity index (χ3n) is 10.7. The molecule has 0 radical (unpaired) electrons. The van der Waals surface area contributed by atoms with Crippen LogP contribution in [-0.2, 0) is 33.3 Å². The molecule has 0 aromatic rings. The molecule has 13 atom stereocenters.